The molecule has 124 valence electrons. The number of likely N-dealkylation sites (tertiary alicyclic amines) is 1. The van der Waals surface area contributed by atoms with Crippen LogP contribution in [0.3, 0.4) is 0 Å². The zero-order valence-electron chi connectivity index (χ0n) is 13.9. The Balaban J connectivity index is 1.37. The lowest BCUT2D eigenvalue weighted by molar-refractivity contribution is -0.129. The van der Waals surface area contributed by atoms with Gasteiger partial charge in [-0.15, -0.1) is 0 Å². The molecule has 1 amide bonds. The van der Waals surface area contributed by atoms with Crippen molar-refractivity contribution in [3.63, 3.8) is 0 Å². The Kier molecular flexibility index (Phi) is 4.16. The highest BCUT2D eigenvalue weighted by Crippen LogP contribution is 2.53. The van der Waals surface area contributed by atoms with Gasteiger partial charge in [0.1, 0.15) is 0 Å². The summed E-state index contributed by atoms with van der Waals surface area (Å²) in [6, 6.07) is 0.623. The van der Waals surface area contributed by atoms with E-state index in [1.807, 2.05) is 7.05 Å². The van der Waals surface area contributed by atoms with Gasteiger partial charge in [0, 0.05) is 19.1 Å². The summed E-state index contributed by atoms with van der Waals surface area (Å²) in [4.78, 5) is 15.2. The molecule has 4 nitrogen and oxygen atoms in total. The lowest BCUT2D eigenvalue weighted by Gasteiger charge is -2.54. The standard InChI is InChI=1S/C18H31N3O/c1-19-4-6-21-5-2-3-16(21)18(22)20-17-14-8-12-7-13(10-14)11-15(17)9-12/h12-17,19H,2-11H2,1H3,(H,20,22)/t12?,13?,14?,15?,16-,17?/m1/s1. The molecule has 2 N–H and O–H groups in total. The molecule has 4 aliphatic carbocycles. The first-order valence-electron chi connectivity index (χ1n) is 9.43. The number of carbonyl (C=O) groups is 1. The number of hydrogen-bond donors (Lipinski definition) is 2. The van der Waals surface area contributed by atoms with Gasteiger partial charge in [-0.1, -0.05) is 0 Å². The van der Waals surface area contributed by atoms with Crippen molar-refractivity contribution in [1.82, 2.24) is 15.5 Å². The number of likely N-dealkylation sites (N-methyl/N-ethyl adjacent to an activating group) is 1. The summed E-state index contributed by atoms with van der Waals surface area (Å²) in [7, 11) is 1.99. The molecule has 5 fully saturated rings. The average molecular weight is 305 g/mol. The van der Waals surface area contributed by atoms with E-state index < -0.39 is 0 Å². The first-order valence-corrected chi connectivity index (χ1v) is 9.43. The minimum absolute atomic E-state index is 0.130. The molecule has 1 atom stereocenters. The average Bonchev–Trinajstić information content (AvgIpc) is 2.96. The van der Waals surface area contributed by atoms with Gasteiger partial charge in [0.2, 0.25) is 5.91 Å². The molecule has 22 heavy (non-hydrogen) atoms. The first-order chi connectivity index (χ1) is 10.7. The Morgan fingerprint density at radius 3 is 2.41 bits per heavy atom. The van der Waals surface area contributed by atoms with Crippen LogP contribution in [0.15, 0.2) is 0 Å². The van der Waals surface area contributed by atoms with Gasteiger partial charge in [-0.25, -0.2) is 0 Å². The van der Waals surface area contributed by atoms with Crippen molar-refractivity contribution >= 4 is 5.91 Å². The van der Waals surface area contributed by atoms with Crippen molar-refractivity contribution in [3.05, 3.63) is 0 Å². The fraction of sp³-hybridized carbons (Fsp3) is 0.944. The molecule has 1 heterocycles. The van der Waals surface area contributed by atoms with Crippen LogP contribution in [-0.4, -0.2) is 49.6 Å². The minimum atomic E-state index is 0.130. The van der Waals surface area contributed by atoms with Crippen LogP contribution in [0.5, 0.6) is 0 Å². The van der Waals surface area contributed by atoms with E-state index >= 15 is 0 Å². The van der Waals surface area contributed by atoms with Crippen LogP contribution in [-0.2, 0) is 4.79 Å². The third-order valence-electron chi connectivity index (χ3n) is 6.85. The monoisotopic (exact) mass is 305 g/mol. The predicted octanol–water partition coefficient (Wildman–Crippen LogP) is 1.61. The van der Waals surface area contributed by atoms with Crippen LogP contribution in [0.25, 0.3) is 0 Å². The van der Waals surface area contributed by atoms with Gasteiger partial charge in [-0.3, -0.25) is 9.69 Å². The number of nitrogens with zero attached hydrogens (tertiary/aromatic N) is 1. The summed E-state index contributed by atoms with van der Waals surface area (Å²) in [6.07, 6.45) is 9.22. The summed E-state index contributed by atoms with van der Waals surface area (Å²) in [5.41, 5.74) is 0. The van der Waals surface area contributed by atoms with Gasteiger partial charge >= 0.3 is 0 Å². The lowest BCUT2D eigenvalue weighted by Crippen LogP contribution is -2.58. The van der Waals surface area contributed by atoms with E-state index in [4.69, 9.17) is 0 Å². The van der Waals surface area contributed by atoms with Gasteiger partial charge in [-0.05, 0) is 82.2 Å². The van der Waals surface area contributed by atoms with E-state index in [2.05, 4.69) is 15.5 Å². The van der Waals surface area contributed by atoms with Crippen molar-refractivity contribution < 1.29 is 4.79 Å². The Hall–Kier alpha value is -0.610. The van der Waals surface area contributed by atoms with Crippen molar-refractivity contribution in [2.24, 2.45) is 23.7 Å². The second-order valence-corrected chi connectivity index (χ2v) is 8.26. The molecular formula is C18H31N3O. The highest BCUT2D eigenvalue weighted by atomic mass is 16.2. The van der Waals surface area contributed by atoms with Gasteiger partial charge in [-0.2, -0.15) is 0 Å². The van der Waals surface area contributed by atoms with Gasteiger partial charge in [0.25, 0.3) is 0 Å². The topological polar surface area (TPSA) is 44.4 Å². The summed E-state index contributed by atoms with van der Waals surface area (Å²) >= 11 is 0. The molecule has 1 saturated heterocycles. The zero-order chi connectivity index (χ0) is 15.1. The molecule has 4 bridgehead atoms. The number of carbonyl (C=O) groups excluding carboxylic acids is 1. The smallest absolute Gasteiger partial charge is 0.237 e. The predicted molar refractivity (Wildman–Crippen MR) is 87.5 cm³/mol. The SMILES string of the molecule is CNCCN1CCC[C@@H]1C(=O)NC1C2CC3CC(C2)CC1C3. The van der Waals surface area contributed by atoms with Gasteiger partial charge in [0.05, 0.1) is 6.04 Å². The summed E-state index contributed by atoms with van der Waals surface area (Å²) < 4.78 is 0. The maximum absolute atomic E-state index is 12.8. The maximum atomic E-state index is 12.8. The molecule has 0 aromatic heterocycles. The molecule has 5 rings (SSSR count). The fourth-order valence-electron chi connectivity index (χ4n) is 6.07. The molecule has 0 radical (unpaired) electrons. The fourth-order valence-corrected chi connectivity index (χ4v) is 6.07. The quantitative estimate of drug-likeness (QED) is 0.811. The van der Waals surface area contributed by atoms with Crippen molar-refractivity contribution in [2.45, 2.75) is 57.0 Å². The van der Waals surface area contributed by atoms with Crippen molar-refractivity contribution in [2.75, 3.05) is 26.7 Å². The third-order valence-corrected chi connectivity index (χ3v) is 6.85. The Morgan fingerprint density at radius 1 is 1.09 bits per heavy atom. The Morgan fingerprint density at radius 2 is 1.77 bits per heavy atom. The zero-order valence-corrected chi connectivity index (χ0v) is 13.9. The van der Waals surface area contributed by atoms with E-state index in [0.717, 1.165) is 49.7 Å². The molecule has 0 unspecified atom stereocenters. The van der Waals surface area contributed by atoms with Crippen LogP contribution < -0.4 is 10.6 Å². The van der Waals surface area contributed by atoms with Crippen LogP contribution in [0, 0.1) is 23.7 Å². The normalized spacial score (nSPS) is 43.7. The van der Waals surface area contributed by atoms with Crippen LogP contribution in [0.2, 0.25) is 0 Å². The molecule has 0 aromatic carbocycles. The second-order valence-electron chi connectivity index (χ2n) is 8.26. The maximum Gasteiger partial charge on any atom is 0.237 e. The number of hydrogen-bond acceptors (Lipinski definition) is 3. The highest BCUT2D eigenvalue weighted by Gasteiger charge is 2.49. The van der Waals surface area contributed by atoms with Crippen LogP contribution in [0.4, 0.5) is 0 Å². The van der Waals surface area contributed by atoms with E-state index in [9.17, 15) is 4.79 Å². The van der Waals surface area contributed by atoms with E-state index in [-0.39, 0.29) is 6.04 Å². The summed E-state index contributed by atoms with van der Waals surface area (Å²) in [5, 5.41) is 6.71. The largest absolute Gasteiger partial charge is 0.351 e. The van der Waals surface area contributed by atoms with Crippen LogP contribution >= 0.6 is 0 Å². The highest BCUT2D eigenvalue weighted by molar-refractivity contribution is 5.82. The van der Waals surface area contributed by atoms with E-state index in [1.54, 1.807) is 0 Å². The Bertz CT molecular complexity index is 397. The lowest BCUT2D eigenvalue weighted by atomic mass is 9.54. The van der Waals surface area contributed by atoms with Gasteiger partial charge < -0.3 is 10.6 Å². The molecule has 4 heteroatoms. The van der Waals surface area contributed by atoms with E-state index in [0.29, 0.717) is 11.9 Å². The molecule has 5 aliphatic rings. The van der Waals surface area contributed by atoms with Crippen molar-refractivity contribution in [3.8, 4) is 0 Å². The minimum Gasteiger partial charge on any atom is -0.351 e. The Labute approximate surface area is 134 Å². The molecular weight excluding hydrogens is 274 g/mol. The number of nitrogens with one attached hydrogen (secondary N) is 2. The first kappa shape index (κ1) is 14.9. The van der Waals surface area contributed by atoms with Gasteiger partial charge in [0.15, 0.2) is 0 Å². The number of amides is 1. The van der Waals surface area contributed by atoms with E-state index in [1.165, 1.54) is 38.5 Å². The molecule has 1 aliphatic heterocycles. The number of rotatable bonds is 5. The van der Waals surface area contributed by atoms with Crippen molar-refractivity contribution in [1.29, 1.82) is 0 Å². The molecule has 4 saturated carbocycles. The summed E-state index contributed by atoms with van der Waals surface area (Å²) in [6.45, 7) is 3.06. The van der Waals surface area contributed by atoms with Crippen LogP contribution in [0.1, 0.15) is 44.9 Å². The summed E-state index contributed by atoms with van der Waals surface area (Å²) in [5.74, 6) is 3.86. The molecule has 0 aromatic rings. The second kappa shape index (κ2) is 6.12. The molecule has 0 spiro atoms. The third kappa shape index (κ3) is 2.69.